The van der Waals surface area contributed by atoms with E-state index in [9.17, 15) is 4.79 Å². The first-order valence-corrected chi connectivity index (χ1v) is 12.9. The van der Waals surface area contributed by atoms with Crippen LogP contribution in [-0.2, 0) is 17.8 Å². The van der Waals surface area contributed by atoms with Crippen LogP contribution >= 0.6 is 0 Å². The van der Waals surface area contributed by atoms with Gasteiger partial charge in [-0.15, -0.1) is 0 Å². The van der Waals surface area contributed by atoms with E-state index in [-0.39, 0.29) is 18.0 Å². The Labute approximate surface area is 216 Å². The van der Waals surface area contributed by atoms with Crippen molar-refractivity contribution in [1.29, 1.82) is 5.41 Å². The summed E-state index contributed by atoms with van der Waals surface area (Å²) in [4.78, 5) is 22.0. The van der Waals surface area contributed by atoms with Gasteiger partial charge in [-0.2, -0.15) is 0 Å². The van der Waals surface area contributed by atoms with Crippen LogP contribution in [-0.4, -0.2) is 33.7 Å². The van der Waals surface area contributed by atoms with Gasteiger partial charge >= 0.3 is 0 Å². The summed E-state index contributed by atoms with van der Waals surface area (Å²) in [5.41, 5.74) is 5.13. The molecule has 1 aromatic heterocycles. The number of anilines is 2. The number of allylic oxidation sites excluding steroid dienone is 2. The Bertz CT molecular complexity index is 1060. The highest BCUT2D eigenvalue weighted by molar-refractivity contribution is 6.03. The number of aromatic nitrogens is 2. The van der Waals surface area contributed by atoms with Gasteiger partial charge in [-0.25, -0.2) is 9.97 Å². The smallest absolute Gasteiger partial charge is 0.251 e. The summed E-state index contributed by atoms with van der Waals surface area (Å²) in [5, 5.41) is 17.7. The van der Waals surface area contributed by atoms with Crippen LogP contribution in [0.1, 0.15) is 70.7 Å². The van der Waals surface area contributed by atoms with E-state index in [4.69, 9.17) is 10.4 Å². The lowest BCUT2D eigenvalue weighted by atomic mass is 10.0. The molecule has 1 heterocycles. The molecule has 0 aliphatic carbocycles. The summed E-state index contributed by atoms with van der Waals surface area (Å²) >= 11 is 0. The molecule has 0 radical (unpaired) electrons. The predicted octanol–water partition coefficient (Wildman–Crippen LogP) is 5.79. The Morgan fingerprint density at radius 3 is 2.53 bits per heavy atom. The molecule has 2 aromatic rings. The molecule has 0 fully saturated rings. The van der Waals surface area contributed by atoms with Crippen molar-refractivity contribution in [2.24, 2.45) is 0 Å². The maximum Gasteiger partial charge on any atom is 0.251 e. The van der Waals surface area contributed by atoms with Gasteiger partial charge in [-0.05, 0) is 70.7 Å². The molecule has 0 saturated carbocycles. The zero-order valence-electron chi connectivity index (χ0n) is 22.6. The summed E-state index contributed by atoms with van der Waals surface area (Å²) in [7, 11) is 0. The molecular formula is C29H42N6O. The third-order valence-corrected chi connectivity index (χ3v) is 5.83. The van der Waals surface area contributed by atoms with Gasteiger partial charge in [0.05, 0.1) is 5.69 Å². The minimum atomic E-state index is -0.154. The molecule has 2 rings (SSSR count). The average Bonchev–Trinajstić information content (AvgIpc) is 2.83. The number of hydrogen-bond acceptors (Lipinski definition) is 6. The van der Waals surface area contributed by atoms with E-state index in [2.05, 4.69) is 53.8 Å². The van der Waals surface area contributed by atoms with Crippen molar-refractivity contribution < 1.29 is 4.79 Å². The fourth-order valence-electron chi connectivity index (χ4n) is 4.00. The molecule has 7 heteroatoms. The lowest BCUT2D eigenvalue weighted by Gasteiger charge is -2.23. The number of amides is 1. The molecular weight excluding hydrogens is 448 g/mol. The fourth-order valence-corrected chi connectivity index (χ4v) is 4.00. The molecule has 0 bridgehead atoms. The molecule has 194 valence electrons. The van der Waals surface area contributed by atoms with E-state index in [0.29, 0.717) is 23.8 Å². The van der Waals surface area contributed by atoms with Gasteiger partial charge < -0.3 is 21.4 Å². The van der Waals surface area contributed by atoms with Crippen LogP contribution in [0.4, 0.5) is 11.6 Å². The van der Waals surface area contributed by atoms with Crippen molar-refractivity contribution in [3.05, 3.63) is 71.1 Å². The fraction of sp³-hybridized carbons (Fsp3) is 0.448. The number of benzene rings is 1. The molecule has 4 N–H and O–H groups in total. The Morgan fingerprint density at radius 2 is 1.92 bits per heavy atom. The monoisotopic (exact) mass is 490 g/mol. The Kier molecular flexibility index (Phi) is 12.0. The summed E-state index contributed by atoms with van der Waals surface area (Å²) < 4.78 is 0. The first kappa shape index (κ1) is 28.9. The molecule has 0 unspecified atom stereocenters. The largest absolute Gasteiger partial charge is 0.350 e. The van der Waals surface area contributed by atoms with Crippen LogP contribution in [0.15, 0.2) is 54.3 Å². The molecule has 1 aromatic carbocycles. The lowest BCUT2D eigenvalue weighted by Crippen LogP contribution is -2.40. The van der Waals surface area contributed by atoms with Gasteiger partial charge in [-0.3, -0.25) is 4.79 Å². The Morgan fingerprint density at radius 1 is 1.19 bits per heavy atom. The normalized spacial score (nSPS) is 13.4. The molecule has 0 aliphatic heterocycles. The van der Waals surface area contributed by atoms with Crippen LogP contribution in [0.5, 0.6) is 0 Å². The molecule has 2 atom stereocenters. The standard InChI is InChI=1S/C29H42N6O/c1-7-10-24(16-21(5)30)28(36)33-22(6)17-26(11-8-2)31-19-27-23(9-3)18-32-29(35-27)34-25-14-12-20(4)13-15-25/h7,10,12-16,18,22,26,30-31H,8-9,11,17,19H2,1-6H3,(H,33,36)(H,32,34,35)/b10-7-,24-16+,30-21?/t22-,26+/m1/s1. The van der Waals surface area contributed by atoms with Crippen molar-refractivity contribution in [2.45, 2.75) is 85.9 Å². The van der Waals surface area contributed by atoms with Crippen LogP contribution in [0, 0.1) is 12.3 Å². The number of nitrogens with one attached hydrogen (secondary N) is 4. The van der Waals surface area contributed by atoms with Gasteiger partial charge in [0.1, 0.15) is 0 Å². The summed E-state index contributed by atoms with van der Waals surface area (Å²) in [6.07, 6.45) is 10.7. The summed E-state index contributed by atoms with van der Waals surface area (Å²) in [6.45, 7) is 12.5. The van der Waals surface area contributed by atoms with E-state index in [0.717, 1.165) is 42.6 Å². The van der Waals surface area contributed by atoms with Crippen molar-refractivity contribution >= 4 is 23.3 Å². The molecule has 1 amide bonds. The maximum atomic E-state index is 12.7. The average molecular weight is 491 g/mol. The van der Waals surface area contributed by atoms with E-state index < -0.39 is 0 Å². The van der Waals surface area contributed by atoms with E-state index in [1.54, 1.807) is 19.1 Å². The number of aryl methyl sites for hydroxylation is 2. The molecule has 7 nitrogen and oxygen atoms in total. The number of rotatable bonds is 14. The van der Waals surface area contributed by atoms with Gasteiger partial charge in [0.2, 0.25) is 5.95 Å². The van der Waals surface area contributed by atoms with E-state index >= 15 is 0 Å². The van der Waals surface area contributed by atoms with Gasteiger partial charge in [0, 0.05) is 41.8 Å². The highest BCUT2D eigenvalue weighted by Gasteiger charge is 2.17. The van der Waals surface area contributed by atoms with E-state index in [1.807, 2.05) is 38.3 Å². The quantitative estimate of drug-likeness (QED) is 0.153. The van der Waals surface area contributed by atoms with Crippen molar-refractivity contribution in [3.63, 3.8) is 0 Å². The number of hydrogen-bond donors (Lipinski definition) is 4. The highest BCUT2D eigenvalue weighted by Crippen LogP contribution is 2.16. The summed E-state index contributed by atoms with van der Waals surface area (Å²) in [5.74, 6) is 0.434. The van der Waals surface area contributed by atoms with Crippen molar-refractivity contribution in [1.82, 2.24) is 20.6 Å². The van der Waals surface area contributed by atoms with E-state index in [1.165, 1.54) is 5.56 Å². The second-order valence-corrected chi connectivity index (χ2v) is 9.27. The van der Waals surface area contributed by atoms with Gasteiger partial charge in [-0.1, -0.05) is 50.1 Å². The SMILES string of the molecule is C/C=C\C(=C/C(C)=N)C(=O)N[C@H](C)C[C@H](CCC)NCc1nc(Nc2ccc(C)cc2)ncc1CC. The number of carbonyl (C=O) groups excluding carboxylic acids is 1. The van der Waals surface area contributed by atoms with Crippen LogP contribution in [0.2, 0.25) is 0 Å². The Balaban J connectivity index is 2.05. The second kappa shape index (κ2) is 14.9. The molecule has 0 spiro atoms. The van der Waals surface area contributed by atoms with Crippen molar-refractivity contribution in [2.75, 3.05) is 5.32 Å². The predicted molar refractivity (Wildman–Crippen MR) is 150 cm³/mol. The number of carbonyl (C=O) groups is 1. The van der Waals surface area contributed by atoms with Gasteiger partial charge in [0.15, 0.2) is 0 Å². The van der Waals surface area contributed by atoms with Crippen molar-refractivity contribution in [3.8, 4) is 0 Å². The summed E-state index contributed by atoms with van der Waals surface area (Å²) in [6, 6.07) is 8.39. The third-order valence-electron chi connectivity index (χ3n) is 5.83. The third kappa shape index (κ3) is 9.74. The number of nitrogens with zero attached hydrogens (tertiary/aromatic N) is 2. The van der Waals surface area contributed by atoms with Gasteiger partial charge in [0.25, 0.3) is 5.91 Å². The highest BCUT2D eigenvalue weighted by atomic mass is 16.1. The molecule has 36 heavy (non-hydrogen) atoms. The van der Waals surface area contributed by atoms with Crippen LogP contribution < -0.4 is 16.0 Å². The first-order valence-electron chi connectivity index (χ1n) is 12.9. The zero-order chi connectivity index (χ0) is 26.5. The van der Waals surface area contributed by atoms with Crippen LogP contribution in [0.3, 0.4) is 0 Å². The molecule has 0 aliphatic rings. The Hall–Kier alpha value is -3.32. The first-order chi connectivity index (χ1) is 17.2. The lowest BCUT2D eigenvalue weighted by molar-refractivity contribution is -0.117. The zero-order valence-corrected chi connectivity index (χ0v) is 22.6. The molecule has 0 saturated heterocycles. The minimum Gasteiger partial charge on any atom is -0.350 e. The van der Waals surface area contributed by atoms with Crippen LogP contribution in [0.25, 0.3) is 0 Å². The minimum absolute atomic E-state index is 0.0175. The topological polar surface area (TPSA) is 103 Å². The maximum absolute atomic E-state index is 12.7. The second-order valence-electron chi connectivity index (χ2n) is 9.27.